The van der Waals surface area contributed by atoms with Crippen LogP contribution in [0.25, 0.3) is 10.8 Å². The summed E-state index contributed by atoms with van der Waals surface area (Å²) in [4.78, 5) is 13.4. The van der Waals surface area contributed by atoms with Crippen molar-refractivity contribution in [3.63, 3.8) is 0 Å². The van der Waals surface area contributed by atoms with Gasteiger partial charge in [0.25, 0.3) is 12.3 Å². The quantitative estimate of drug-likeness (QED) is 0.922. The summed E-state index contributed by atoms with van der Waals surface area (Å²) in [6, 6.07) is 8.93. The van der Waals surface area contributed by atoms with Crippen molar-refractivity contribution in [2.45, 2.75) is 6.43 Å². The van der Waals surface area contributed by atoms with E-state index in [-0.39, 0.29) is 24.0 Å². The number of alkyl halides is 2. The number of carbonyl (C=O) groups is 1. The maximum atomic E-state index is 13.7. The molecule has 3 nitrogen and oxygen atoms in total. The van der Waals surface area contributed by atoms with E-state index in [4.69, 9.17) is 5.73 Å². The molecule has 2 aromatic carbocycles. The molecule has 0 saturated heterocycles. The summed E-state index contributed by atoms with van der Waals surface area (Å²) in [5, 5.41) is 0.687. The molecule has 0 radical (unpaired) electrons. The zero-order chi connectivity index (χ0) is 15.4. The molecule has 2 rings (SSSR count). The van der Waals surface area contributed by atoms with Gasteiger partial charge in [0.05, 0.1) is 6.54 Å². The summed E-state index contributed by atoms with van der Waals surface area (Å²) in [6.07, 6.45) is -2.65. The second-order valence-electron chi connectivity index (χ2n) is 4.57. The number of benzene rings is 2. The van der Waals surface area contributed by atoms with Crippen molar-refractivity contribution >= 4 is 16.7 Å². The number of amides is 1. The van der Waals surface area contributed by atoms with E-state index in [9.17, 15) is 18.0 Å². The molecule has 2 aromatic rings. The van der Waals surface area contributed by atoms with E-state index >= 15 is 0 Å². The first-order chi connectivity index (χ1) is 10.0. The third-order valence-corrected chi connectivity index (χ3v) is 3.15. The first-order valence-corrected chi connectivity index (χ1v) is 6.49. The van der Waals surface area contributed by atoms with E-state index in [0.717, 1.165) is 4.90 Å². The maximum Gasteiger partial charge on any atom is 0.255 e. The van der Waals surface area contributed by atoms with Gasteiger partial charge >= 0.3 is 0 Å². The molecule has 0 aliphatic heterocycles. The molecule has 0 aliphatic carbocycles. The fraction of sp³-hybridized carbons (Fsp3) is 0.267. The van der Waals surface area contributed by atoms with Gasteiger partial charge in [0.1, 0.15) is 5.82 Å². The summed E-state index contributed by atoms with van der Waals surface area (Å²) < 4.78 is 38.9. The Morgan fingerprint density at radius 1 is 1.14 bits per heavy atom. The van der Waals surface area contributed by atoms with Crippen LogP contribution in [0, 0.1) is 5.82 Å². The van der Waals surface area contributed by atoms with Crippen LogP contribution >= 0.6 is 0 Å². The van der Waals surface area contributed by atoms with Gasteiger partial charge in [0.15, 0.2) is 0 Å². The topological polar surface area (TPSA) is 46.3 Å². The van der Waals surface area contributed by atoms with Crippen molar-refractivity contribution < 1.29 is 18.0 Å². The summed E-state index contributed by atoms with van der Waals surface area (Å²) in [5.74, 6) is -1.03. The Kier molecular flexibility index (Phi) is 4.80. The largest absolute Gasteiger partial charge is 0.332 e. The molecule has 21 heavy (non-hydrogen) atoms. The van der Waals surface area contributed by atoms with Crippen molar-refractivity contribution in [1.82, 2.24) is 4.90 Å². The highest BCUT2D eigenvalue weighted by atomic mass is 19.3. The Balaban J connectivity index is 2.44. The van der Waals surface area contributed by atoms with Gasteiger partial charge in [-0.25, -0.2) is 13.2 Å². The number of hydrogen-bond donors (Lipinski definition) is 1. The maximum absolute atomic E-state index is 13.7. The zero-order valence-electron chi connectivity index (χ0n) is 11.2. The van der Waals surface area contributed by atoms with Crippen LogP contribution in [0.4, 0.5) is 13.2 Å². The molecule has 1 amide bonds. The Hall–Kier alpha value is -2.08. The van der Waals surface area contributed by atoms with E-state index in [0.29, 0.717) is 5.39 Å². The van der Waals surface area contributed by atoms with E-state index in [1.165, 1.54) is 12.1 Å². The third kappa shape index (κ3) is 3.33. The molecule has 0 saturated carbocycles. The van der Waals surface area contributed by atoms with Crippen LogP contribution in [0.5, 0.6) is 0 Å². The molecule has 0 unspecified atom stereocenters. The Morgan fingerprint density at radius 3 is 2.43 bits per heavy atom. The predicted octanol–water partition coefficient (Wildman–Crippen LogP) is 2.64. The average Bonchev–Trinajstić information content (AvgIpc) is 2.46. The lowest BCUT2D eigenvalue weighted by Gasteiger charge is -2.22. The normalized spacial score (nSPS) is 11.1. The van der Waals surface area contributed by atoms with Crippen LogP contribution in [0.15, 0.2) is 36.4 Å². The molecule has 2 N–H and O–H groups in total. The number of halogens is 3. The lowest BCUT2D eigenvalue weighted by atomic mass is 10.0. The van der Waals surface area contributed by atoms with E-state index in [2.05, 4.69) is 0 Å². The molecule has 0 fully saturated rings. The minimum absolute atomic E-state index is 0.0227. The molecular formula is C15H15F3N2O. The first-order valence-electron chi connectivity index (χ1n) is 6.49. The van der Waals surface area contributed by atoms with Gasteiger partial charge in [-0.2, -0.15) is 0 Å². The Morgan fingerprint density at radius 2 is 1.81 bits per heavy atom. The fourth-order valence-electron chi connectivity index (χ4n) is 2.22. The minimum atomic E-state index is -2.65. The Bertz CT molecular complexity index is 646. The van der Waals surface area contributed by atoms with Crippen molar-refractivity contribution in [3.05, 3.63) is 47.8 Å². The van der Waals surface area contributed by atoms with Crippen LogP contribution < -0.4 is 5.73 Å². The standard InChI is InChI=1S/C15H15F3N2O/c16-13-6-5-12(10-3-1-2-4-11(10)13)15(21)20(8-7-19)9-14(17)18/h1-6,14H,7-9,19H2. The molecule has 0 atom stereocenters. The molecule has 112 valence electrons. The molecule has 0 aromatic heterocycles. The van der Waals surface area contributed by atoms with E-state index in [1.54, 1.807) is 24.3 Å². The molecule has 0 bridgehead atoms. The highest BCUT2D eigenvalue weighted by Crippen LogP contribution is 2.23. The Labute approximate surface area is 120 Å². The van der Waals surface area contributed by atoms with Crippen molar-refractivity contribution in [3.8, 4) is 0 Å². The minimum Gasteiger partial charge on any atom is -0.332 e. The van der Waals surface area contributed by atoms with Crippen LogP contribution in [0.1, 0.15) is 10.4 Å². The molecular weight excluding hydrogens is 281 g/mol. The molecule has 0 spiro atoms. The van der Waals surface area contributed by atoms with Gasteiger partial charge in [-0.3, -0.25) is 4.79 Å². The second kappa shape index (κ2) is 6.58. The van der Waals surface area contributed by atoms with Crippen LogP contribution in [-0.2, 0) is 0 Å². The van der Waals surface area contributed by atoms with Gasteiger partial charge in [-0.1, -0.05) is 24.3 Å². The predicted molar refractivity (Wildman–Crippen MR) is 74.9 cm³/mol. The number of rotatable bonds is 5. The molecule has 0 aliphatic rings. The molecule has 6 heteroatoms. The lowest BCUT2D eigenvalue weighted by molar-refractivity contribution is 0.0564. The van der Waals surface area contributed by atoms with Gasteiger partial charge in [-0.15, -0.1) is 0 Å². The fourth-order valence-corrected chi connectivity index (χ4v) is 2.22. The zero-order valence-corrected chi connectivity index (χ0v) is 11.2. The van der Waals surface area contributed by atoms with Crippen LogP contribution in [-0.4, -0.2) is 36.9 Å². The van der Waals surface area contributed by atoms with Crippen molar-refractivity contribution in [1.29, 1.82) is 0 Å². The number of nitrogens with zero attached hydrogens (tertiary/aromatic N) is 1. The summed E-state index contributed by atoms with van der Waals surface area (Å²) in [7, 11) is 0. The van der Waals surface area contributed by atoms with Gasteiger partial charge in [0, 0.05) is 24.0 Å². The number of nitrogens with two attached hydrogens (primary N) is 1. The van der Waals surface area contributed by atoms with Crippen LogP contribution in [0.3, 0.4) is 0 Å². The van der Waals surface area contributed by atoms with E-state index in [1.807, 2.05) is 0 Å². The first kappa shape index (κ1) is 15.3. The smallest absolute Gasteiger partial charge is 0.255 e. The molecule has 0 heterocycles. The monoisotopic (exact) mass is 296 g/mol. The summed E-state index contributed by atoms with van der Waals surface area (Å²) in [6.45, 7) is -0.589. The average molecular weight is 296 g/mol. The second-order valence-corrected chi connectivity index (χ2v) is 4.57. The van der Waals surface area contributed by atoms with Gasteiger partial charge in [-0.05, 0) is 17.5 Å². The third-order valence-electron chi connectivity index (χ3n) is 3.15. The number of hydrogen-bond acceptors (Lipinski definition) is 2. The van der Waals surface area contributed by atoms with Crippen molar-refractivity contribution in [2.75, 3.05) is 19.6 Å². The number of carbonyl (C=O) groups excluding carboxylic acids is 1. The lowest BCUT2D eigenvalue weighted by Crippen LogP contribution is -2.38. The van der Waals surface area contributed by atoms with Gasteiger partial charge < -0.3 is 10.6 Å². The van der Waals surface area contributed by atoms with E-state index < -0.39 is 24.7 Å². The number of fused-ring (bicyclic) bond motifs is 1. The summed E-state index contributed by atoms with van der Waals surface area (Å²) in [5.41, 5.74) is 5.55. The van der Waals surface area contributed by atoms with Gasteiger partial charge in [0.2, 0.25) is 0 Å². The highest BCUT2D eigenvalue weighted by molar-refractivity contribution is 6.07. The SMILES string of the molecule is NCCN(CC(F)F)C(=O)c1ccc(F)c2ccccc12. The van der Waals surface area contributed by atoms with Crippen molar-refractivity contribution in [2.24, 2.45) is 5.73 Å². The highest BCUT2D eigenvalue weighted by Gasteiger charge is 2.21. The van der Waals surface area contributed by atoms with Crippen LogP contribution in [0.2, 0.25) is 0 Å². The summed E-state index contributed by atoms with van der Waals surface area (Å²) >= 11 is 0.